The predicted molar refractivity (Wildman–Crippen MR) is 377 cm³/mol. The number of unbranched alkanes of at least 4 members (excludes halogenated alkanes) is 34. The second kappa shape index (κ2) is 64.2. The molecule has 0 amide bonds. The van der Waals surface area contributed by atoms with Crippen molar-refractivity contribution in [3.8, 4) is 0 Å². The van der Waals surface area contributed by atoms with Crippen molar-refractivity contribution in [3.05, 3.63) is 24.3 Å². The Bertz CT molecular complexity index is 1910. The zero-order valence-electron chi connectivity index (χ0n) is 60.2. The average molecular weight is 1360 g/mol. The maximum atomic E-state index is 13.0. The number of rotatable bonds is 70. The number of aliphatic hydroxyl groups excluding tert-OH is 1. The van der Waals surface area contributed by atoms with Crippen molar-refractivity contribution in [2.75, 3.05) is 39.6 Å². The lowest BCUT2D eigenvalue weighted by atomic mass is 10.00. The Morgan fingerprint density at radius 2 is 0.634 bits per heavy atom. The van der Waals surface area contributed by atoms with Crippen molar-refractivity contribution in [1.29, 1.82) is 0 Å². The zero-order chi connectivity index (χ0) is 68.7. The van der Waals surface area contributed by atoms with E-state index in [1.165, 1.54) is 141 Å². The lowest BCUT2D eigenvalue weighted by molar-refractivity contribution is -0.161. The van der Waals surface area contributed by atoms with E-state index in [2.05, 4.69) is 72.8 Å². The Balaban J connectivity index is 5.30. The fraction of sp³-hybridized carbons (Fsp3) is 0.892. The van der Waals surface area contributed by atoms with Crippen molar-refractivity contribution < 1.29 is 80.2 Å². The molecule has 3 N–H and O–H groups in total. The summed E-state index contributed by atoms with van der Waals surface area (Å²) in [7, 11) is -9.92. The Labute approximate surface area is 567 Å². The topological polar surface area (TPSA) is 237 Å². The first kappa shape index (κ1) is 90.5. The lowest BCUT2D eigenvalue weighted by Crippen LogP contribution is -2.30. The smallest absolute Gasteiger partial charge is 0.462 e. The van der Waals surface area contributed by atoms with Gasteiger partial charge in [-0.15, -0.1) is 0 Å². The summed E-state index contributed by atoms with van der Waals surface area (Å²) in [5.74, 6) is 0.108. The molecule has 0 saturated carbocycles. The number of ether oxygens (including phenoxy) is 4. The Morgan fingerprint density at radius 1 is 0.355 bits per heavy atom. The highest BCUT2D eigenvalue weighted by atomic mass is 31.2. The van der Waals surface area contributed by atoms with Crippen LogP contribution in [0.3, 0.4) is 0 Å². The maximum Gasteiger partial charge on any atom is 0.472 e. The van der Waals surface area contributed by atoms with Gasteiger partial charge in [-0.05, 0) is 69.1 Å². The van der Waals surface area contributed by atoms with Crippen LogP contribution in [0, 0.1) is 17.8 Å². The first-order valence-electron chi connectivity index (χ1n) is 37.7. The highest BCUT2D eigenvalue weighted by Gasteiger charge is 2.30. The van der Waals surface area contributed by atoms with Gasteiger partial charge < -0.3 is 33.8 Å². The Kier molecular flexibility index (Phi) is 62.5. The van der Waals surface area contributed by atoms with E-state index in [0.717, 1.165) is 127 Å². The van der Waals surface area contributed by atoms with Crippen LogP contribution in [0.25, 0.3) is 0 Å². The minimum atomic E-state index is -4.96. The number of esters is 4. The van der Waals surface area contributed by atoms with Gasteiger partial charge in [-0.25, -0.2) is 9.13 Å². The molecule has 17 nitrogen and oxygen atoms in total. The van der Waals surface area contributed by atoms with Gasteiger partial charge in [0.05, 0.1) is 26.4 Å². The Morgan fingerprint density at radius 3 is 0.957 bits per heavy atom. The van der Waals surface area contributed by atoms with E-state index < -0.39 is 97.5 Å². The largest absolute Gasteiger partial charge is 0.472 e. The molecule has 0 spiro atoms. The second-order valence-electron chi connectivity index (χ2n) is 27.2. The summed E-state index contributed by atoms with van der Waals surface area (Å²) in [5, 5.41) is 10.6. The number of hydrogen-bond donors (Lipinski definition) is 3. The van der Waals surface area contributed by atoms with E-state index >= 15 is 0 Å². The van der Waals surface area contributed by atoms with Crippen molar-refractivity contribution in [2.45, 2.75) is 369 Å². The monoisotopic (exact) mass is 1360 g/mol. The van der Waals surface area contributed by atoms with E-state index in [1.54, 1.807) is 0 Å². The van der Waals surface area contributed by atoms with E-state index in [-0.39, 0.29) is 25.7 Å². The third-order valence-electron chi connectivity index (χ3n) is 16.9. The number of carbonyl (C=O) groups excluding carboxylic acids is 4. The second-order valence-corrected chi connectivity index (χ2v) is 30.1. The van der Waals surface area contributed by atoms with Crippen molar-refractivity contribution in [1.82, 2.24) is 0 Å². The predicted octanol–water partition coefficient (Wildman–Crippen LogP) is 21.0. The normalized spacial score (nSPS) is 14.6. The summed E-state index contributed by atoms with van der Waals surface area (Å²) in [6.45, 7) is 11.8. The molecule has 0 heterocycles. The van der Waals surface area contributed by atoms with Gasteiger partial charge in [-0.1, -0.05) is 297 Å². The molecule has 0 aromatic rings. The summed E-state index contributed by atoms with van der Waals surface area (Å²) in [4.78, 5) is 72.7. The molecule has 3 unspecified atom stereocenters. The highest BCUT2D eigenvalue weighted by Crippen LogP contribution is 2.45. The van der Waals surface area contributed by atoms with Crippen LogP contribution in [-0.4, -0.2) is 96.7 Å². The third kappa shape index (κ3) is 66.6. The number of carbonyl (C=O) groups is 4. The molecule has 0 saturated heterocycles. The fourth-order valence-corrected chi connectivity index (χ4v) is 12.3. The summed E-state index contributed by atoms with van der Waals surface area (Å²) in [6.07, 6.45) is 52.1. The standard InChI is InChI=1S/C74H140O17P2/c1-8-10-11-12-13-14-15-16-17-18-22-29-34-43-50-57-73(78)90-69(61-84-71(76)55-48-41-33-28-25-24-27-32-39-46-53-66(5)6)63-88-92(80,81)86-59-68(75)60-87-93(82,83)89-64-70(62-85-72(77)56-49-42-37-36-40-47-54-67(7)9-2)91-74(79)58-51-44-35-30-23-20-19-21-26-31-38-45-52-65(3)4/h14-17,65-70,75H,8-13,18-64H2,1-7H3,(H,80,81)(H,82,83)/b15-14-,17-16-/t67?,68-,69-,70-/m1/s1. The summed E-state index contributed by atoms with van der Waals surface area (Å²) < 4.78 is 68.4. The lowest BCUT2D eigenvalue weighted by Gasteiger charge is -2.21. The van der Waals surface area contributed by atoms with Gasteiger partial charge in [0.15, 0.2) is 12.2 Å². The molecule has 6 atom stereocenters. The molecule has 548 valence electrons. The molecule has 0 aromatic carbocycles. The van der Waals surface area contributed by atoms with Gasteiger partial charge in [0.25, 0.3) is 0 Å². The van der Waals surface area contributed by atoms with E-state index in [1.807, 2.05) is 0 Å². The number of phosphoric acid groups is 2. The molecule has 0 aliphatic carbocycles. The fourth-order valence-electron chi connectivity index (χ4n) is 10.7. The summed E-state index contributed by atoms with van der Waals surface area (Å²) in [5.41, 5.74) is 0. The van der Waals surface area contributed by atoms with Crippen LogP contribution in [0.4, 0.5) is 0 Å². The van der Waals surface area contributed by atoms with Crippen molar-refractivity contribution >= 4 is 39.5 Å². The molecular weight excluding hydrogens is 1220 g/mol. The number of allylic oxidation sites excluding steroid dienone is 4. The SMILES string of the molecule is CCCCCC/C=C\C=C/CCCCCCCC(=O)O[C@H](COC(=O)CCCCCCCCCCCCC(C)C)COP(=O)(O)OC[C@@H](O)COP(=O)(O)OC[C@@H](COC(=O)CCCCCCCCC(C)CC)OC(=O)CCCCCCCCCCCCCCC(C)C. The van der Waals surface area contributed by atoms with Gasteiger partial charge in [0.1, 0.15) is 19.3 Å². The molecule has 0 radical (unpaired) electrons. The van der Waals surface area contributed by atoms with Crippen molar-refractivity contribution in [2.24, 2.45) is 17.8 Å². The third-order valence-corrected chi connectivity index (χ3v) is 18.8. The molecule has 0 rings (SSSR count). The van der Waals surface area contributed by atoms with Gasteiger partial charge in [0, 0.05) is 25.7 Å². The molecule has 0 aromatic heterocycles. The van der Waals surface area contributed by atoms with Crippen molar-refractivity contribution in [3.63, 3.8) is 0 Å². The first-order valence-corrected chi connectivity index (χ1v) is 40.7. The number of hydrogen-bond acceptors (Lipinski definition) is 15. The molecule has 93 heavy (non-hydrogen) atoms. The van der Waals surface area contributed by atoms with E-state index in [0.29, 0.717) is 25.7 Å². The minimum Gasteiger partial charge on any atom is -0.462 e. The molecule has 0 aliphatic rings. The number of aliphatic hydroxyl groups is 1. The van der Waals surface area contributed by atoms with Crippen LogP contribution >= 0.6 is 15.6 Å². The van der Waals surface area contributed by atoms with Crippen LogP contribution in [0.1, 0.15) is 350 Å². The summed E-state index contributed by atoms with van der Waals surface area (Å²) in [6, 6.07) is 0. The van der Waals surface area contributed by atoms with Gasteiger partial charge in [0.2, 0.25) is 0 Å². The van der Waals surface area contributed by atoms with E-state index in [4.69, 9.17) is 37.0 Å². The molecule has 19 heteroatoms. The van der Waals surface area contributed by atoms with Crippen LogP contribution in [0.2, 0.25) is 0 Å². The zero-order valence-corrected chi connectivity index (χ0v) is 62.0. The molecule has 0 bridgehead atoms. The van der Waals surface area contributed by atoms with E-state index in [9.17, 15) is 43.2 Å². The van der Waals surface area contributed by atoms with Crippen LogP contribution < -0.4 is 0 Å². The van der Waals surface area contributed by atoms with Crippen LogP contribution in [-0.2, 0) is 65.4 Å². The highest BCUT2D eigenvalue weighted by molar-refractivity contribution is 7.47. The molecule has 0 fully saturated rings. The first-order chi connectivity index (χ1) is 44.8. The minimum absolute atomic E-state index is 0.0844. The number of phosphoric ester groups is 2. The van der Waals surface area contributed by atoms with Gasteiger partial charge in [-0.3, -0.25) is 37.3 Å². The quantitative estimate of drug-likeness (QED) is 0.0169. The van der Waals surface area contributed by atoms with Gasteiger partial charge >= 0.3 is 39.5 Å². The average Bonchev–Trinajstić information content (AvgIpc) is 3.14. The maximum absolute atomic E-state index is 13.0. The summed E-state index contributed by atoms with van der Waals surface area (Å²) >= 11 is 0. The molecule has 0 aliphatic heterocycles. The van der Waals surface area contributed by atoms with Crippen LogP contribution in [0.15, 0.2) is 24.3 Å². The molecular formula is C74H140O17P2. The Hall–Kier alpha value is -2.46. The van der Waals surface area contributed by atoms with Crippen LogP contribution in [0.5, 0.6) is 0 Å². The van der Waals surface area contributed by atoms with Gasteiger partial charge in [-0.2, -0.15) is 0 Å².